The molecule has 0 bridgehead atoms. The molecule has 0 amide bonds. The first-order chi connectivity index (χ1) is 14.7. The number of H-pyrrole nitrogens is 1. The van der Waals surface area contributed by atoms with Gasteiger partial charge in [0.2, 0.25) is 10.0 Å². The molecule has 0 atom stereocenters. The molecule has 1 aromatic carbocycles. The minimum absolute atomic E-state index is 0.0543. The predicted octanol–water partition coefficient (Wildman–Crippen LogP) is 0.796. The van der Waals surface area contributed by atoms with E-state index in [-0.39, 0.29) is 42.5 Å². The van der Waals surface area contributed by atoms with Gasteiger partial charge in [0.1, 0.15) is 11.6 Å². The predicted molar refractivity (Wildman–Crippen MR) is 112 cm³/mol. The Hall–Kier alpha value is -2.80. The number of nitrogens with one attached hydrogen (secondary N) is 1. The Morgan fingerprint density at radius 2 is 1.90 bits per heavy atom. The lowest BCUT2D eigenvalue weighted by molar-refractivity contribution is -0.108. The maximum absolute atomic E-state index is 13.2. The Labute approximate surface area is 178 Å². The Kier molecular flexibility index (Phi) is 5.56. The highest BCUT2D eigenvalue weighted by Crippen LogP contribution is 2.31. The van der Waals surface area contributed by atoms with Crippen LogP contribution in [0.4, 0.5) is 0 Å². The summed E-state index contributed by atoms with van der Waals surface area (Å²) >= 11 is 0. The first kappa shape index (κ1) is 21.4. The van der Waals surface area contributed by atoms with Crippen molar-refractivity contribution in [3.05, 3.63) is 40.1 Å². The van der Waals surface area contributed by atoms with Crippen LogP contribution in [0, 0.1) is 13.8 Å². The van der Waals surface area contributed by atoms with Crippen molar-refractivity contribution in [2.24, 2.45) is 0 Å². The van der Waals surface area contributed by atoms with E-state index < -0.39 is 10.0 Å². The number of hydrogen-bond acceptors (Lipinski definition) is 8. The van der Waals surface area contributed by atoms with Crippen LogP contribution in [-0.2, 0) is 10.0 Å². The first-order valence-electron chi connectivity index (χ1n) is 9.90. The van der Waals surface area contributed by atoms with Gasteiger partial charge in [-0.2, -0.15) is 9.37 Å². The number of hydrogen-bond donors (Lipinski definition) is 2. The van der Waals surface area contributed by atoms with Gasteiger partial charge in [-0.3, -0.25) is 4.79 Å². The van der Waals surface area contributed by atoms with Crippen molar-refractivity contribution < 1.29 is 18.4 Å². The second kappa shape index (κ2) is 8.04. The molecule has 1 aliphatic heterocycles. The summed E-state index contributed by atoms with van der Waals surface area (Å²) in [5, 5.41) is 15.1. The molecule has 1 saturated heterocycles. The topological polar surface area (TPSA) is 133 Å². The van der Waals surface area contributed by atoms with Crippen molar-refractivity contribution >= 4 is 15.5 Å². The summed E-state index contributed by atoms with van der Waals surface area (Å²) in [6, 6.07) is 4.48. The van der Waals surface area contributed by atoms with Crippen LogP contribution < -0.4 is 10.3 Å². The molecule has 0 saturated carbocycles. The quantitative estimate of drug-likeness (QED) is 0.585. The summed E-state index contributed by atoms with van der Waals surface area (Å²) in [5.41, 5.74) is 0.874. The van der Waals surface area contributed by atoms with Crippen LogP contribution >= 0.6 is 0 Å². The highest BCUT2D eigenvalue weighted by atomic mass is 32.2. The molecule has 2 N–H and O–H groups in total. The number of nitrogens with zero attached hydrogens (tertiary/aromatic N) is 5. The molecule has 3 heterocycles. The van der Waals surface area contributed by atoms with Crippen LogP contribution in [0.2, 0.25) is 0 Å². The molecule has 2 aromatic heterocycles. The highest BCUT2D eigenvalue weighted by Gasteiger charge is 2.29. The van der Waals surface area contributed by atoms with E-state index in [1.54, 1.807) is 19.9 Å². The minimum Gasteiger partial charge on any atom is -0.493 e. The second-order valence-electron chi connectivity index (χ2n) is 7.26. The summed E-state index contributed by atoms with van der Waals surface area (Å²) in [5.74, 6) is 1.13. The smallest absolute Gasteiger partial charge is 0.277 e. The van der Waals surface area contributed by atoms with Gasteiger partial charge in [0, 0.05) is 26.2 Å². The molecular weight excluding hydrogens is 424 g/mol. The number of fused-ring (bicyclic) bond motifs is 1. The fraction of sp³-hybridized carbons (Fsp3) is 0.421. The zero-order valence-electron chi connectivity index (χ0n) is 17.5. The number of aryl methyl sites for hydroxylation is 2. The minimum atomic E-state index is -3.80. The van der Waals surface area contributed by atoms with Gasteiger partial charge in [0.05, 0.1) is 22.8 Å². The van der Waals surface area contributed by atoms with Gasteiger partial charge >= 0.3 is 0 Å². The van der Waals surface area contributed by atoms with E-state index in [2.05, 4.69) is 15.1 Å². The third-order valence-electron chi connectivity index (χ3n) is 5.20. The van der Waals surface area contributed by atoms with Crippen molar-refractivity contribution in [3.8, 4) is 17.1 Å². The standard InChI is InChI=1S/C19H24N6O5S/c1-4-30-16-6-5-14(31(28,29)24-9-7-23(27)8-10-24)11-15(16)18-21-19(26)17-12(2)20-13(3)25(17)22-18/h5-6,11,27H,4,7-10H2,1-3H3,(H,21,22,26). The summed E-state index contributed by atoms with van der Waals surface area (Å²) in [4.78, 5) is 19.8. The average molecular weight is 449 g/mol. The third-order valence-corrected chi connectivity index (χ3v) is 7.09. The van der Waals surface area contributed by atoms with Crippen molar-refractivity contribution in [1.82, 2.24) is 29.0 Å². The number of hydroxylamine groups is 2. The number of aromatic amines is 1. The van der Waals surface area contributed by atoms with Crippen LogP contribution in [0.5, 0.6) is 5.75 Å². The van der Waals surface area contributed by atoms with Crippen LogP contribution in [0.1, 0.15) is 18.4 Å². The molecule has 1 fully saturated rings. The van der Waals surface area contributed by atoms with Crippen molar-refractivity contribution in [2.75, 3.05) is 32.8 Å². The van der Waals surface area contributed by atoms with Crippen molar-refractivity contribution in [2.45, 2.75) is 25.7 Å². The van der Waals surface area contributed by atoms with Crippen LogP contribution in [0.15, 0.2) is 27.9 Å². The van der Waals surface area contributed by atoms with E-state index in [0.29, 0.717) is 35.0 Å². The van der Waals surface area contributed by atoms with Crippen LogP contribution in [-0.4, -0.2) is 75.4 Å². The molecule has 166 valence electrons. The monoisotopic (exact) mass is 448 g/mol. The van der Waals surface area contributed by atoms with Gasteiger partial charge in [-0.25, -0.2) is 17.9 Å². The molecule has 4 rings (SSSR count). The maximum atomic E-state index is 13.2. The lowest BCUT2D eigenvalue weighted by Crippen LogP contribution is -2.47. The molecule has 3 aromatic rings. The lowest BCUT2D eigenvalue weighted by atomic mass is 10.2. The largest absolute Gasteiger partial charge is 0.493 e. The Morgan fingerprint density at radius 3 is 2.58 bits per heavy atom. The van der Waals surface area contributed by atoms with Crippen molar-refractivity contribution in [1.29, 1.82) is 0 Å². The van der Waals surface area contributed by atoms with E-state index in [0.717, 1.165) is 5.06 Å². The van der Waals surface area contributed by atoms with E-state index in [4.69, 9.17) is 4.74 Å². The summed E-state index contributed by atoms with van der Waals surface area (Å²) in [7, 11) is -3.80. The molecule has 0 unspecified atom stereocenters. The average Bonchev–Trinajstić information content (AvgIpc) is 3.02. The summed E-state index contributed by atoms with van der Waals surface area (Å²) in [6.45, 7) is 6.44. The number of imidazole rings is 1. The Bertz CT molecular complexity index is 1290. The van der Waals surface area contributed by atoms with Crippen LogP contribution in [0.3, 0.4) is 0 Å². The second-order valence-corrected chi connectivity index (χ2v) is 9.19. The fourth-order valence-electron chi connectivity index (χ4n) is 3.66. The number of rotatable bonds is 5. The Morgan fingerprint density at radius 1 is 1.19 bits per heavy atom. The zero-order valence-corrected chi connectivity index (χ0v) is 18.3. The summed E-state index contributed by atoms with van der Waals surface area (Å²) in [6.07, 6.45) is 0. The molecular formula is C19H24N6O5S. The number of ether oxygens (including phenoxy) is 1. The SMILES string of the molecule is CCOc1ccc(S(=O)(=O)N2CCN(O)CC2)cc1-c1nn2c(C)nc(C)c2c(=O)[nH]1. The number of piperazine rings is 1. The molecule has 31 heavy (non-hydrogen) atoms. The fourth-order valence-corrected chi connectivity index (χ4v) is 5.11. The van der Waals surface area contributed by atoms with Gasteiger partial charge in [-0.05, 0) is 39.0 Å². The van der Waals surface area contributed by atoms with Crippen LogP contribution in [0.25, 0.3) is 16.9 Å². The highest BCUT2D eigenvalue weighted by molar-refractivity contribution is 7.89. The number of benzene rings is 1. The van der Waals surface area contributed by atoms with Gasteiger partial charge in [-0.1, -0.05) is 0 Å². The number of sulfonamides is 1. The van der Waals surface area contributed by atoms with Gasteiger partial charge in [0.15, 0.2) is 11.3 Å². The van der Waals surface area contributed by atoms with Gasteiger partial charge in [0.25, 0.3) is 5.56 Å². The van der Waals surface area contributed by atoms with Gasteiger partial charge < -0.3 is 14.9 Å². The third kappa shape index (κ3) is 3.82. The van der Waals surface area contributed by atoms with Crippen molar-refractivity contribution in [3.63, 3.8) is 0 Å². The molecule has 1 aliphatic rings. The van der Waals surface area contributed by atoms with E-state index in [9.17, 15) is 18.4 Å². The zero-order chi connectivity index (χ0) is 22.3. The Balaban J connectivity index is 1.85. The molecule has 0 spiro atoms. The molecule has 12 heteroatoms. The van der Waals surface area contributed by atoms with Gasteiger partial charge in [-0.15, -0.1) is 5.10 Å². The maximum Gasteiger partial charge on any atom is 0.277 e. The number of aromatic nitrogens is 4. The summed E-state index contributed by atoms with van der Waals surface area (Å²) < 4.78 is 34.8. The normalized spacial score (nSPS) is 16.1. The molecule has 11 nitrogen and oxygen atoms in total. The van der Waals surface area contributed by atoms with E-state index >= 15 is 0 Å². The first-order valence-corrected chi connectivity index (χ1v) is 11.3. The lowest BCUT2D eigenvalue weighted by Gasteiger charge is -2.30. The van der Waals surface area contributed by atoms with E-state index in [1.807, 2.05) is 6.92 Å². The van der Waals surface area contributed by atoms with E-state index in [1.165, 1.54) is 21.0 Å². The molecule has 0 radical (unpaired) electrons. The molecule has 0 aliphatic carbocycles.